The Morgan fingerprint density at radius 3 is 2.64 bits per heavy atom. The predicted octanol–water partition coefficient (Wildman–Crippen LogP) is 1.61. The number of aliphatic imine (C=N–C) groups is 1. The fourth-order valence-electron chi connectivity index (χ4n) is 3.50. The van der Waals surface area contributed by atoms with Crippen LogP contribution in [0.2, 0.25) is 0 Å². The van der Waals surface area contributed by atoms with Crippen molar-refractivity contribution in [3.63, 3.8) is 0 Å². The number of amidine groups is 1. The maximum Gasteiger partial charge on any atom is 0.459 e. The van der Waals surface area contributed by atoms with Crippen LogP contribution in [0.4, 0.5) is 0 Å². The largest absolute Gasteiger partial charge is 0.462 e. The number of aliphatic hydroxyl groups is 2. The lowest BCUT2D eigenvalue weighted by molar-refractivity contribution is -0.149. The Hall–Kier alpha value is -2.73. The molecule has 5 N–H and O–H groups in total. The number of carbonyl (C=O) groups is 1. The van der Waals surface area contributed by atoms with Gasteiger partial charge < -0.3 is 34.8 Å². The molecule has 2 unspecified atom stereocenters. The molecule has 12 nitrogen and oxygen atoms in total. The number of carbonyl (C=O) groups excluding carboxylic acids is 1. The second-order valence-corrected chi connectivity index (χ2v) is 10.6. The van der Waals surface area contributed by atoms with Crippen molar-refractivity contribution in [2.45, 2.75) is 63.9 Å². The van der Waals surface area contributed by atoms with Crippen LogP contribution in [-0.4, -0.2) is 69.7 Å². The highest BCUT2D eigenvalue weighted by Crippen LogP contribution is 2.46. The third kappa shape index (κ3) is 6.52. The van der Waals surface area contributed by atoms with Crippen molar-refractivity contribution in [1.29, 1.82) is 0 Å². The normalized spacial score (nSPS) is 28.5. The van der Waals surface area contributed by atoms with Crippen LogP contribution in [0.3, 0.4) is 0 Å². The van der Waals surface area contributed by atoms with Gasteiger partial charge in [-0.3, -0.25) is 9.32 Å². The molecule has 36 heavy (non-hydrogen) atoms. The van der Waals surface area contributed by atoms with Crippen molar-refractivity contribution < 1.29 is 38.1 Å². The lowest BCUT2D eigenvalue weighted by atomic mass is 9.95. The van der Waals surface area contributed by atoms with Gasteiger partial charge >= 0.3 is 13.7 Å². The molecule has 1 aromatic carbocycles. The predicted molar refractivity (Wildman–Crippen MR) is 131 cm³/mol. The van der Waals surface area contributed by atoms with E-state index >= 15 is 0 Å². The second kappa shape index (κ2) is 11.1. The maximum absolute atomic E-state index is 13.7. The Morgan fingerprint density at radius 2 is 2.03 bits per heavy atom. The SMILES string of the molecule is C=C1N=C(N)C=CN1[C@@H]1O[C@H](COP(=O)(N[C@@H](C)C(=O)OC(C)C)Oc2ccccc2)C(C)(O)[C@@H]1O. The van der Waals surface area contributed by atoms with Gasteiger partial charge in [0.25, 0.3) is 0 Å². The van der Waals surface area contributed by atoms with Crippen LogP contribution in [0.25, 0.3) is 0 Å². The summed E-state index contributed by atoms with van der Waals surface area (Å²) in [5.41, 5.74) is 3.85. The van der Waals surface area contributed by atoms with E-state index in [1.807, 2.05) is 0 Å². The molecule has 0 amide bonds. The number of rotatable bonds is 10. The van der Waals surface area contributed by atoms with Crippen molar-refractivity contribution >= 4 is 19.6 Å². The molecule has 2 heterocycles. The first-order chi connectivity index (χ1) is 16.8. The molecule has 2 aliphatic heterocycles. The Labute approximate surface area is 210 Å². The van der Waals surface area contributed by atoms with E-state index in [-0.39, 0.29) is 23.5 Å². The maximum atomic E-state index is 13.7. The van der Waals surface area contributed by atoms with Gasteiger partial charge in [0.15, 0.2) is 6.23 Å². The van der Waals surface area contributed by atoms with Gasteiger partial charge in [-0.15, -0.1) is 0 Å². The standard InChI is InChI=1S/C23H33N4O8P/c1-14(2)33-22(29)15(3)26-36(31,35-17-9-7-6-8-10-17)32-13-18-23(5,30)20(28)21(34-18)27-12-11-19(24)25-16(27)4/h6-12,14-15,18,20-21,28,30H,4,13H2,1-3,5H3,(H2,24,25)(H,26,31)/t15-,18+,20+,21+,23?,36?/m0/s1. The highest BCUT2D eigenvalue weighted by Gasteiger charge is 2.55. The molecule has 0 aliphatic carbocycles. The molecule has 1 saturated heterocycles. The van der Waals surface area contributed by atoms with Crippen LogP contribution < -0.4 is 15.3 Å². The lowest BCUT2D eigenvalue weighted by Gasteiger charge is -2.31. The molecule has 1 aromatic rings. The number of hydrogen-bond donors (Lipinski definition) is 4. The first-order valence-corrected chi connectivity index (χ1v) is 12.9. The fourth-order valence-corrected chi connectivity index (χ4v) is 4.99. The summed E-state index contributed by atoms with van der Waals surface area (Å²) in [6.07, 6.45) is -0.997. The van der Waals surface area contributed by atoms with Gasteiger partial charge in [0.2, 0.25) is 0 Å². The van der Waals surface area contributed by atoms with E-state index in [2.05, 4.69) is 16.7 Å². The Morgan fingerprint density at radius 1 is 1.36 bits per heavy atom. The first kappa shape index (κ1) is 27.9. The minimum absolute atomic E-state index is 0.202. The third-order valence-corrected chi connectivity index (χ3v) is 7.13. The molecular weight excluding hydrogens is 491 g/mol. The summed E-state index contributed by atoms with van der Waals surface area (Å²) in [7, 11) is -4.20. The molecule has 13 heteroatoms. The fraction of sp³-hybridized carbons (Fsp3) is 0.478. The minimum atomic E-state index is -4.20. The van der Waals surface area contributed by atoms with Gasteiger partial charge in [-0.2, -0.15) is 5.09 Å². The van der Waals surface area contributed by atoms with Crippen LogP contribution in [0.5, 0.6) is 5.75 Å². The summed E-state index contributed by atoms with van der Waals surface area (Å²) in [6.45, 7) is 9.52. The van der Waals surface area contributed by atoms with Crippen LogP contribution in [-0.2, 0) is 23.4 Å². The van der Waals surface area contributed by atoms with E-state index in [1.54, 1.807) is 44.2 Å². The molecule has 198 valence electrons. The summed E-state index contributed by atoms with van der Waals surface area (Å²) >= 11 is 0. The Kier molecular flexibility index (Phi) is 8.60. The first-order valence-electron chi connectivity index (χ1n) is 11.4. The van der Waals surface area contributed by atoms with E-state index in [1.165, 1.54) is 31.0 Å². The smallest absolute Gasteiger partial charge is 0.459 e. The molecule has 0 radical (unpaired) electrons. The molecule has 0 aromatic heterocycles. The number of aliphatic hydroxyl groups excluding tert-OH is 1. The van der Waals surface area contributed by atoms with Gasteiger partial charge in [-0.05, 0) is 45.9 Å². The second-order valence-electron chi connectivity index (χ2n) is 8.90. The number of esters is 1. The quantitative estimate of drug-likeness (QED) is 0.260. The summed E-state index contributed by atoms with van der Waals surface area (Å²) in [6, 6.07) is 7.19. The van der Waals surface area contributed by atoms with Crippen LogP contribution in [0, 0.1) is 0 Å². The van der Waals surface area contributed by atoms with Crippen molar-refractivity contribution in [2.24, 2.45) is 10.7 Å². The minimum Gasteiger partial charge on any atom is -0.462 e. The summed E-state index contributed by atoms with van der Waals surface area (Å²) in [5, 5.41) is 24.3. The number of nitrogens with zero attached hydrogens (tertiary/aromatic N) is 2. The van der Waals surface area contributed by atoms with Gasteiger partial charge in [0, 0.05) is 6.20 Å². The van der Waals surface area contributed by atoms with Crippen LogP contribution in [0.1, 0.15) is 27.7 Å². The van der Waals surface area contributed by atoms with Crippen molar-refractivity contribution in [3.05, 3.63) is 55.0 Å². The lowest BCUT2D eigenvalue weighted by Crippen LogP contribution is -2.49. The van der Waals surface area contributed by atoms with Crippen LogP contribution in [0.15, 0.2) is 60.0 Å². The molecule has 1 fully saturated rings. The third-order valence-electron chi connectivity index (χ3n) is 5.48. The number of ether oxygens (including phenoxy) is 2. The highest BCUT2D eigenvalue weighted by molar-refractivity contribution is 7.52. The number of nitrogens with two attached hydrogens (primary N) is 1. The van der Waals surface area contributed by atoms with E-state index in [9.17, 15) is 19.6 Å². The molecule has 0 bridgehead atoms. The van der Waals surface area contributed by atoms with Gasteiger partial charge in [-0.1, -0.05) is 24.8 Å². The highest BCUT2D eigenvalue weighted by atomic mass is 31.2. The van der Waals surface area contributed by atoms with Crippen LogP contribution >= 0.6 is 7.75 Å². The molecule has 2 aliphatic rings. The van der Waals surface area contributed by atoms with E-state index in [4.69, 9.17) is 24.3 Å². The number of nitrogens with one attached hydrogen (secondary N) is 1. The number of hydrogen-bond acceptors (Lipinski definition) is 11. The van der Waals surface area contributed by atoms with Crippen molar-refractivity contribution in [1.82, 2.24) is 9.99 Å². The summed E-state index contributed by atoms with van der Waals surface area (Å²) in [4.78, 5) is 17.8. The van der Waals surface area contributed by atoms with Crippen molar-refractivity contribution in [3.8, 4) is 5.75 Å². The molecule has 0 saturated carbocycles. The molecule has 6 atom stereocenters. The topological polar surface area (TPSA) is 165 Å². The van der Waals surface area contributed by atoms with E-state index in [0.717, 1.165) is 0 Å². The zero-order chi connectivity index (χ0) is 26.7. The summed E-state index contributed by atoms with van der Waals surface area (Å²) in [5.74, 6) is -0.000452. The van der Waals surface area contributed by atoms with Gasteiger partial charge in [0.05, 0.1) is 12.7 Å². The Balaban J connectivity index is 1.76. The van der Waals surface area contributed by atoms with E-state index < -0.39 is 50.4 Å². The zero-order valence-electron chi connectivity index (χ0n) is 20.6. The van der Waals surface area contributed by atoms with E-state index in [0.29, 0.717) is 0 Å². The molecular formula is C23H33N4O8P. The average Bonchev–Trinajstić information content (AvgIpc) is 3.01. The number of benzene rings is 1. The number of para-hydroxylation sites is 1. The zero-order valence-corrected chi connectivity index (χ0v) is 21.5. The average molecular weight is 525 g/mol. The molecule has 3 rings (SSSR count). The summed E-state index contributed by atoms with van der Waals surface area (Å²) < 4.78 is 35.9. The Bertz CT molecular complexity index is 1060. The van der Waals surface area contributed by atoms with Gasteiger partial charge in [0.1, 0.15) is 41.3 Å². The van der Waals surface area contributed by atoms with Crippen molar-refractivity contribution in [2.75, 3.05) is 6.61 Å². The van der Waals surface area contributed by atoms with Gasteiger partial charge in [-0.25, -0.2) is 9.56 Å². The molecule has 0 spiro atoms. The monoisotopic (exact) mass is 524 g/mol.